The first-order valence-corrected chi connectivity index (χ1v) is 7.23. The van der Waals surface area contributed by atoms with Gasteiger partial charge in [0.1, 0.15) is 0 Å². The monoisotopic (exact) mass is 290 g/mol. The van der Waals surface area contributed by atoms with Crippen LogP contribution in [0.15, 0.2) is 47.4 Å². The van der Waals surface area contributed by atoms with E-state index in [9.17, 15) is 4.21 Å². The molecule has 2 aromatic rings. The molecule has 0 bridgehead atoms. The molecule has 2 rings (SSSR count). The van der Waals surface area contributed by atoms with Gasteiger partial charge in [-0.15, -0.1) is 0 Å². The predicted octanol–water partition coefficient (Wildman–Crippen LogP) is 3.10. The largest absolute Gasteiger partial charge is 0.398 e. The van der Waals surface area contributed by atoms with Crippen LogP contribution in [0.3, 0.4) is 0 Å². The van der Waals surface area contributed by atoms with Crippen molar-refractivity contribution in [3.63, 3.8) is 0 Å². The van der Waals surface area contributed by atoms with E-state index in [2.05, 4.69) is 6.07 Å². The fraction of sp³-hybridized carbons (Fsp3) is 0.0714. The third-order valence-corrected chi connectivity index (χ3v) is 4.56. The average molecular weight is 291 g/mol. The summed E-state index contributed by atoms with van der Waals surface area (Å²) in [5, 5.41) is 9.39. The highest BCUT2D eigenvalue weighted by Crippen LogP contribution is 2.27. The van der Waals surface area contributed by atoms with E-state index in [1.165, 1.54) is 0 Å². The van der Waals surface area contributed by atoms with Gasteiger partial charge in [0.25, 0.3) is 0 Å². The maximum Gasteiger partial charge on any atom is 0.0994 e. The third-order valence-electron chi connectivity index (χ3n) is 2.65. The minimum Gasteiger partial charge on any atom is -0.398 e. The molecule has 5 heteroatoms. The lowest BCUT2D eigenvalue weighted by molar-refractivity contribution is 0.683. The SMILES string of the molecule is N#Cc1ccccc1CS(=O)c1c(N)cccc1Cl. The Balaban J connectivity index is 2.35. The van der Waals surface area contributed by atoms with Crippen molar-refractivity contribution < 1.29 is 4.21 Å². The van der Waals surface area contributed by atoms with Gasteiger partial charge >= 0.3 is 0 Å². The zero-order chi connectivity index (χ0) is 13.8. The fourth-order valence-electron chi connectivity index (χ4n) is 1.73. The van der Waals surface area contributed by atoms with Gasteiger partial charge in [0.15, 0.2) is 0 Å². The van der Waals surface area contributed by atoms with Crippen LogP contribution in [0.1, 0.15) is 11.1 Å². The summed E-state index contributed by atoms with van der Waals surface area (Å²) in [6.45, 7) is 0. The smallest absolute Gasteiger partial charge is 0.0994 e. The number of rotatable bonds is 3. The van der Waals surface area contributed by atoms with Gasteiger partial charge in [-0.3, -0.25) is 4.21 Å². The van der Waals surface area contributed by atoms with Gasteiger partial charge < -0.3 is 5.73 Å². The van der Waals surface area contributed by atoms with Crippen LogP contribution >= 0.6 is 11.6 Å². The van der Waals surface area contributed by atoms with Gasteiger partial charge in [0.05, 0.1) is 38.1 Å². The van der Waals surface area contributed by atoms with Crippen LogP contribution in [-0.2, 0) is 16.6 Å². The first-order chi connectivity index (χ1) is 9.13. The number of nitriles is 1. The molecule has 1 unspecified atom stereocenters. The summed E-state index contributed by atoms with van der Waals surface area (Å²) in [4.78, 5) is 0.428. The van der Waals surface area contributed by atoms with Crippen molar-refractivity contribution in [1.29, 1.82) is 5.26 Å². The van der Waals surface area contributed by atoms with Crippen molar-refractivity contribution in [3.8, 4) is 6.07 Å². The van der Waals surface area contributed by atoms with Gasteiger partial charge in [-0.25, -0.2) is 0 Å². The van der Waals surface area contributed by atoms with E-state index in [1.807, 2.05) is 6.07 Å². The molecule has 0 radical (unpaired) electrons. The highest BCUT2D eigenvalue weighted by atomic mass is 35.5. The summed E-state index contributed by atoms with van der Waals surface area (Å²) in [6, 6.07) is 14.2. The van der Waals surface area contributed by atoms with E-state index in [0.29, 0.717) is 21.2 Å². The normalized spacial score (nSPS) is 11.8. The quantitative estimate of drug-likeness (QED) is 0.883. The molecule has 2 N–H and O–H groups in total. The van der Waals surface area contributed by atoms with Crippen molar-refractivity contribution >= 4 is 28.1 Å². The molecule has 0 aliphatic carbocycles. The fourth-order valence-corrected chi connectivity index (χ4v) is 3.47. The number of hydrogen-bond acceptors (Lipinski definition) is 3. The van der Waals surface area contributed by atoms with E-state index in [4.69, 9.17) is 22.6 Å². The standard InChI is InChI=1S/C14H11ClN2OS/c15-12-6-3-7-13(17)14(12)19(18)9-11-5-2-1-4-10(11)8-16/h1-7H,9,17H2. The molecule has 3 nitrogen and oxygen atoms in total. The summed E-state index contributed by atoms with van der Waals surface area (Å²) in [7, 11) is -1.38. The lowest BCUT2D eigenvalue weighted by atomic mass is 10.1. The summed E-state index contributed by atoms with van der Waals surface area (Å²) >= 11 is 6.03. The first kappa shape index (κ1) is 13.6. The molecule has 0 spiro atoms. The van der Waals surface area contributed by atoms with E-state index in [1.54, 1.807) is 36.4 Å². The zero-order valence-corrected chi connectivity index (χ0v) is 11.5. The van der Waals surface area contributed by atoms with Crippen molar-refractivity contribution in [2.24, 2.45) is 0 Å². The molecule has 0 saturated carbocycles. The second kappa shape index (κ2) is 5.87. The molecule has 0 aliphatic rings. The predicted molar refractivity (Wildman–Crippen MR) is 77.1 cm³/mol. The highest BCUT2D eigenvalue weighted by molar-refractivity contribution is 7.84. The lowest BCUT2D eigenvalue weighted by Crippen LogP contribution is -2.03. The van der Waals surface area contributed by atoms with E-state index in [-0.39, 0.29) is 5.75 Å². The van der Waals surface area contributed by atoms with Crippen molar-refractivity contribution in [2.75, 3.05) is 5.73 Å². The molecular formula is C14H11ClN2OS. The van der Waals surface area contributed by atoms with Crippen molar-refractivity contribution in [2.45, 2.75) is 10.6 Å². The van der Waals surface area contributed by atoms with Crippen molar-refractivity contribution in [1.82, 2.24) is 0 Å². The summed E-state index contributed by atoms with van der Waals surface area (Å²) in [6.07, 6.45) is 0. The van der Waals surface area contributed by atoms with Crippen LogP contribution in [0.4, 0.5) is 5.69 Å². The Bertz CT molecular complexity index is 659. The number of benzene rings is 2. The third kappa shape index (κ3) is 2.95. The molecule has 0 aromatic heterocycles. The van der Waals surface area contributed by atoms with Gasteiger partial charge in [-0.2, -0.15) is 5.26 Å². The second-order valence-electron chi connectivity index (χ2n) is 3.92. The Morgan fingerprint density at radius 3 is 2.63 bits per heavy atom. The number of anilines is 1. The molecule has 0 saturated heterocycles. The molecular weight excluding hydrogens is 280 g/mol. The number of hydrogen-bond donors (Lipinski definition) is 1. The van der Waals surface area contributed by atoms with Gasteiger partial charge in [0.2, 0.25) is 0 Å². The molecule has 2 aromatic carbocycles. The number of nitrogens with zero attached hydrogens (tertiary/aromatic N) is 1. The molecule has 0 amide bonds. The minimum absolute atomic E-state index is 0.220. The van der Waals surface area contributed by atoms with Crippen molar-refractivity contribution in [3.05, 3.63) is 58.6 Å². The Labute approximate surface area is 119 Å². The number of nitrogen functional groups attached to an aromatic ring is 1. The lowest BCUT2D eigenvalue weighted by Gasteiger charge is -2.08. The summed E-state index contributed by atoms with van der Waals surface area (Å²) in [5.41, 5.74) is 7.45. The molecule has 19 heavy (non-hydrogen) atoms. The average Bonchev–Trinajstić information content (AvgIpc) is 2.39. The maximum atomic E-state index is 12.4. The van der Waals surface area contributed by atoms with Gasteiger partial charge in [-0.05, 0) is 23.8 Å². The van der Waals surface area contributed by atoms with Gasteiger partial charge in [-0.1, -0.05) is 35.9 Å². The van der Waals surface area contributed by atoms with E-state index < -0.39 is 10.8 Å². The Kier molecular flexibility index (Phi) is 4.20. The molecule has 0 aliphatic heterocycles. The number of halogens is 1. The zero-order valence-electron chi connectivity index (χ0n) is 9.97. The van der Waals surface area contributed by atoms with E-state index in [0.717, 1.165) is 5.56 Å². The van der Waals surface area contributed by atoms with Crippen LogP contribution in [0, 0.1) is 11.3 Å². The first-order valence-electron chi connectivity index (χ1n) is 5.54. The topological polar surface area (TPSA) is 66.9 Å². The molecule has 1 atom stereocenters. The van der Waals surface area contributed by atoms with Crippen LogP contribution in [0.5, 0.6) is 0 Å². The molecule has 0 heterocycles. The van der Waals surface area contributed by atoms with Gasteiger partial charge in [0, 0.05) is 5.69 Å². The Hall–Kier alpha value is -1.83. The van der Waals surface area contributed by atoms with E-state index >= 15 is 0 Å². The molecule has 96 valence electrons. The molecule has 0 fully saturated rings. The van der Waals surface area contributed by atoms with Crippen LogP contribution < -0.4 is 5.73 Å². The van der Waals surface area contributed by atoms with Crippen LogP contribution in [-0.4, -0.2) is 4.21 Å². The van der Waals surface area contributed by atoms with Crippen LogP contribution in [0.25, 0.3) is 0 Å². The Morgan fingerprint density at radius 2 is 1.95 bits per heavy atom. The van der Waals surface area contributed by atoms with Crippen LogP contribution in [0.2, 0.25) is 5.02 Å². The summed E-state index contributed by atoms with van der Waals surface area (Å²) < 4.78 is 12.4. The second-order valence-corrected chi connectivity index (χ2v) is 5.71. The summed E-state index contributed by atoms with van der Waals surface area (Å²) in [5.74, 6) is 0.220. The maximum absolute atomic E-state index is 12.4. The highest BCUT2D eigenvalue weighted by Gasteiger charge is 2.14. The Morgan fingerprint density at radius 1 is 1.21 bits per heavy atom. The number of nitrogens with two attached hydrogens (primary N) is 1. The minimum atomic E-state index is -1.38.